The Bertz CT molecular complexity index is 703. The molecule has 0 radical (unpaired) electrons. The van der Waals surface area contributed by atoms with E-state index in [0.717, 1.165) is 18.4 Å². The van der Waals surface area contributed by atoms with Gasteiger partial charge in [0.2, 0.25) is 0 Å². The molecule has 6 nitrogen and oxygen atoms in total. The third-order valence-electron chi connectivity index (χ3n) is 4.29. The number of benzene rings is 1. The summed E-state index contributed by atoms with van der Waals surface area (Å²) in [6.45, 7) is 1.90. The van der Waals surface area contributed by atoms with Crippen molar-refractivity contribution in [2.45, 2.75) is 19.4 Å². The van der Waals surface area contributed by atoms with E-state index in [0.29, 0.717) is 30.5 Å². The molecular weight excluding hydrogens is 328 g/mol. The molecule has 0 unspecified atom stereocenters. The van der Waals surface area contributed by atoms with Crippen LogP contribution in [0.4, 0.5) is 10.6 Å². The van der Waals surface area contributed by atoms with Gasteiger partial charge in [-0.3, -0.25) is 5.32 Å². The van der Waals surface area contributed by atoms with E-state index in [1.54, 1.807) is 21.8 Å². The van der Waals surface area contributed by atoms with Crippen LogP contribution in [0.3, 0.4) is 0 Å². The topological polar surface area (TPSA) is 70.4 Å². The third kappa shape index (κ3) is 3.88. The zero-order valence-corrected chi connectivity index (χ0v) is 14.1. The van der Waals surface area contributed by atoms with Crippen molar-refractivity contribution in [1.82, 2.24) is 14.7 Å². The largest absolute Gasteiger partial charge is 0.396 e. The number of likely N-dealkylation sites (tertiary alicyclic amines) is 1. The van der Waals surface area contributed by atoms with E-state index in [-0.39, 0.29) is 18.6 Å². The molecule has 3 rings (SSSR count). The molecule has 2 amide bonds. The number of aromatic nitrogens is 2. The second-order valence-corrected chi connectivity index (χ2v) is 6.44. The minimum Gasteiger partial charge on any atom is -0.396 e. The molecule has 0 aliphatic carbocycles. The van der Waals surface area contributed by atoms with Crippen LogP contribution >= 0.6 is 11.6 Å². The van der Waals surface area contributed by atoms with Crippen LogP contribution in [-0.4, -0.2) is 45.5 Å². The molecule has 1 fully saturated rings. The Morgan fingerprint density at radius 2 is 2.21 bits per heavy atom. The zero-order chi connectivity index (χ0) is 16.9. The number of rotatable bonds is 4. The molecule has 1 aromatic carbocycles. The summed E-state index contributed by atoms with van der Waals surface area (Å²) >= 11 is 6.19. The normalized spacial score (nSPS) is 17.8. The van der Waals surface area contributed by atoms with Crippen LogP contribution in [0.2, 0.25) is 5.02 Å². The SMILES string of the molecule is O=C(Nc1ccnn1Cc1ccccc1Cl)N1CCC[C@@H](CO)C1. The second kappa shape index (κ2) is 7.68. The summed E-state index contributed by atoms with van der Waals surface area (Å²) in [6.07, 6.45) is 3.53. The summed E-state index contributed by atoms with van der Waals surface area (Å²) in [5.74, 6) is 0.795. The van der Waals surface area contributed by atoms with E-state index in [1.165, 1.54) is 0 Å². The quantitative estimate of drug-likeness (QED) is 0.892. The Hall–Kier alpha value is -2.05. The number of amides is 2. The Kier molecular flexibility index (Phi) is 5.37. The highest BCUT2D eigenvalue weighted by atomic mass is 35.5. The maximum Gasteiger partial charge on any atom is 0.323 e. The van der Waals surface area contributed by atoms with Crippen LogP contribution in [0.1, 0.15) is 18.4 Å². The van der Waals surface area contributed by atoms with Crippen LogP contribution in [-0.2, 0) is 6.54 Å². The summed E-state index contributed by atoms with van der Waals surface area (Å²) in [5.41, 5.74) is 0.941. The number of urea groups is 1. The van der Waals surface area contributed by atoms with Crippen molar-refractivity contribution in [3.63, 3.8) is 0 Å². The molecule has 1 aliphatic rings. The number of hydrogen-bond acceptors (Lipinski definition) is 3. The number of carbonyl (C=O) groups is 1. The van der Waals surface area contributed by atoms with Crippen LogP contribution in [0, 0.1) is 5.92 Å². The Labute approximate surface area is 146 Å². The van der Waals surface area contributed by atoms with Crippen molar-refractivity contribution in [3.8, 4) is 0 Å². The first-order chi connectivity index (χ1) is 11.7. The average Bonchev–Trinajstić information content (AvgIpc) is 3.04. The highest BCUT2D eigenvalue weighted by molar-refractivity contribution is 6.31. The summed E-state index contributed by atoms with van der Waals surface area (Å²) in [6, 6.07) is 9.18. The van der Waals surface area contributed by atoms with E-state index in [9.17, 15) is 9.90 Å². The monoisotopic (exact) mass is 348 g/mol. The summed E-state index contributed by atoms with van der Waals surface area (Å²) in [5, 5.41) is 17.1. The molecule has 0 saturated carbocycles. The Morgan fingerprint density at radius 1 is 1.38 bits per heavy atom. The lowest BCUT2D eigenvalue weighted by molar-refractivity contribution is 0.136. The van der Waals surface area contributed by atoms with Gasteiger partial charge in [-0.05, 0) is 30.4 Å². The Morgan fingerprint density at radius 3 is 3.00 bits per heavy atom. The molecule has 0 spiro atoms. The van der Waals surface area contributed by atoms with Crippen molar-refractivity contribution >= 4 is 23.4 Å². The molecule has 1 saturated heterocycles. The van der Waals surface area contributed by atoms with E-state index >= 15 is 0 Å². The predicted octanol–water partition coefficient (Wildman–Crippen LogP) is 2.82. The van der Waals surface area contributed by atoms with E-state index in [1.807, 2.05) is 24.3 Å². The molecule has 1 aliphatic heterocycles. The van der Waals surface area contributed by atoms with Gasteiger partial charge >= 0.3 is 6.03 Å². The minimum atomic E-state index is -0.158. The van der Waals surface area contributed by atoms with Crippen molar-refractivity contribution in [3.05, 3.63) is 47.1 Å². The van der Waals surface area contributed by atoms with Crippen molar-refractivity contribution in [2.75, 3.05) is 25.0 Å². The van der Waals surface area contributed by atoms with Gasteiger partial charge in [0.15, 0.2) is 0 Å². The van der Waals surface area contributed by atoms with Gasteiger partial charge in [-0.25, -0.2) is 9.48 Å². The summed E-state index contributed by atoms with van der Waals surface area (Å²) < 4.78 is 1.71. The number of halogens is 1. The molecule has 1 atom stereocenters. The van der Waals surface area contributed by atoms with Gasteiger partial charge in [0.1, 0.15) is 5.82 Å². The first-order valence-electron chi connectivity index (χ1n) is 8.09. The van der Waals surface area contributed by atoms with E-state index < -0.39 is 0 Å². The van der Waals surface area contributed by atoms with Crippen molar-refractivity contribution in [1.29, 1.82) is 0 Å². The number of nitrogens with zero attached hydrogens (tertiary/aromatic N) is 3. The number of hydrogen-bond donors (Lipinski definition) is 2. The summed E-state index contributed by atoms with van der Waals surface area (Å²) in [4.78, 5) is 14.2. The first kappa shape index (κ1) is 16.8. The van der Waals surface area contributed by atoms with Crippen molar-refractivity contribution < 1.29 is 9.90 Å². The maximum absolute atomic E-state index is 12.5. The predicted molar refractivity (Wildman–Crippen MR) is 93.2 cm³/mol. The number of piperidine rings is 1. The maximum atomic E-state index is 12.5. The Balaban J connectivity index is 1.67. The number of aliphatic hydroxyl groups excluding tert-OH is 1. The van der Waals surface area contributed by atoms with Gasteiger partial charge in [-0.15, -0.1) is 0 Å². The van der Waals surface area contributed by atoms with E-state index in [2.05, 4.69) is 10.4 Å². The lowest BCUT2D eigenvalue weighted by Gasteiger charge is -2.31. The van der Waals surface area contributed by atoms with Crippen molar-refractivity contribution in [2.24, 2.45) is 5.92 Å². The number of anilines is 1. The highest BCUT2D eigenvalue weighted by Crippen LogP contribution is 2.20. The molecule has 24 heavy (non-hydrogen) atoms. The molecule has 2 heterocycles. The lowest BCUT2D eigenvalue weighted by atomic mass is 9.99. The van der Waals surface area contributed by atoms with Gasteiger partial charge in [0.25, 0.3) is 0 Å². The van der Waals surface area contributed by atoms with Gasteiger partial charge in [0.05, 0.1) is 12.7 Å². The van der Waals surface area contributed by atoms with Crippen LogP contribution in [0.5, 0.6) is 0 Å². The first-order valence-corrected chi connectivity index (χ1v) is 8.47. The summed E-state index contributed by atoms with van der Waals surface area (Å²) in [7, 11) is 0. The number of nitrogens with one attached hydrogen (secondary N) is 1. The molecule has 2 aromatic rings. The molecule has 0 bridgehead atoms. The fraction of sp³-hybridized carbons (Fsp3) is 0.412. The minimum absolute atomic E-state index is 0.119. The van der Waals surface area contributed by atoms with Crippen LogP contribution in [0.15, 0.2) is 36.5 Å². The van der Waals surface area contributed by atoms with E-state index in [4.69, 9.17) is 11.6 Å². The van der Waals surface area contributed by atoms with Gasteiger partial charge in [-0.2, -0.15) is 5.10 Å². The standard InChI is InChI=1S/C17H21ClN4O2/c18-15-6-2-1-5-14(15)11-22-16(7-8-19-22)20-17(24)21-9-3-4-13(10-21)12-23/h1-2,5-8,13,23H,3-4,9-12H2,(H,20,24)/t13-/m1/s1. The zero-order valence-electron chi connectivity index (χ0n) is 13.4. The smallest absolute Gasteiger partial charge is 0.323 e. The molecule has 128 valence electrons. The number of aliphatic hydroxyl groups is 1. The molecule has 7 heteroatoms. The van der Waals surface area contributed by atoms with Crippen LogP contribution < -0.4 is 5.32 Å². The fourth-order valence-corrected chi connectivity index (χ4v) is 3.14. The molecule has 2 N–H and O–H groups in total. The van der Waals surface area contributed by atoms with Crippen LogP contribution in [0.25, 0.3) is 0 Å². The molecule has 1 aromatic heterocycles. The highest BCUT2D eigenvalue weighted by Gasteiger charge is 2.23. The van der Waals surface area contributed by atoms with Gasteiger partial charge < -0.3 is 10.0 Å². The number of carbonyl (C=O) groups excluding carboxylic acids is 1. The molecular formula is C17H21ClN4O2. The van der Waals surface area contributed by atoms with Gasteiger partial charge in [-0.1, -0.05) is 29.8 Å². The van der Waals surface area contributed by atoms with Gasteiger partial charge in [0, 0.05) is 30.8 Å². The fourth-order valence-electron chi connectivity index (χ4n) is 2.94. The second-order valence-electron chi connectivity index (χ2n) is 6.03. The third-order valence-corrected chi connectivity index (χ3v) is 4.66. The lowest BCUT2D eigenvalue weighted by Crippen LogP contribution is -2.43. The average molecular weight is 349 g/mol.